The van der Waals surface area contributed by atoms with E-state index >= 15 is 0 Å². The van der Waals surface area contributed by atoms with Crippen molar-refractivity contribution in [3.63, 3.8) is 0 Å². The highest BCUT2D eigenvalue weighted by Crippen LogP contribution is 2.36. The molecule has 7 heteroatoms. The fourth-order valence-corrected chi connectivity index (χ4v) is 3.23. The maximum atomic E-state index is 12.9. The average Bonchev–Trinajstić information content (AvgIpc) is 2.78. The van der Waals surface area contributed by atoms with Crippen LogP contribution in [0.1, 0.15) is 11.1 Å². The first-order chi connectivity index (χ1) is 15.1. The molecule has 0 aliphatic carbocycles. The highest BCUT2D eigenvalue weighted by molar-refractivity contribution is 5.74. The smallest absolute Gasteiger partial charge is 0.207 e. The number of rotatable bonds is 3. The minimum atomic E-state index is -4.47. The second-order valence-corrected chi connectivity index (χ2v) is 7.09. The lowest BCUT2D eigenvalue weighted by Gasteiger charge is -2.08. The molecule has 1 nitrogen and oxygen atoms in total. The summed E-state index contributed by atoms with van der Waals surface area (Å²) in [4.78, 5) is 0. The van der Waals surface area contributed by atoms with Crippen LogP contribution in [0.5, 0.6) is 0 Å². The van der Waals surface area contributed by atoms with Crippen molar-refractivity contribution in [3.05, 3.63) is 102 Å². The lowest BCUT2D eigenvalue weighted by Crippen LogP contribution is -2.04. The van der Waals surface area contributed by atoms with Gasteiger partial charge in [0.05, 0.1) is 34.4 Å². The van der Waals surface area contributed by atoms with Gasteiger partial charge in [0.2, 0.25) is 0 Å². The standard InChI is InChI=1S/C25H15F6O/c26-24(27,28)20-10-6-16(7-11-20)19-14-22(17-4-2-1-3-5-17)32-23(15-19)18-8-12-21(13-9-18)25(29,30)31/h1-15H/q+1. The van der Waals surface area contributed by atoms with Crippen LogP contribution in [0.3, 0.4) is 0 Å². The third-order valence-corrected chi connectivity index (χ3v) is 4.89. The summed E-state index contributed by atoms with van der Waals surface area (Å²) in [5.74, 6) is 0.716. The summed E-state index contributed by atoms with van der Waals surface area (Å²) < 4.78 is 83.4. The van der Waals surface area contributed by atoms with Gasteiger partial charge in [0.15, 0.2) is 0 Å². The van der Waals surface area contributed by atoms with Gasteiger partial charge < -0.3 is 0 Å². The van der Waals surface area contributed by atoms with E-state index in [9.17, 15) is 26.3 Å². The molecule has 3 aromatic carbocycles. The van der Waals surface area contributed by atoms with Crippen LogP contribution in [0.4, 0.5) is 26.3 Å². The molecule has 0 radical (unpaired) electrons. The predicted molar refractivity (Wildman–Crippen MR) is 109 cm³/mol. The first-order valence-corrected chi connectivity index (χ1v) is 9.50. The molecule has 32 heavy (non-hydrogen) atoms. The maximum Gasteiger partial charge on any atom is 0.416 e. The van der Waals surface area contributed by atoms with Crippen molar-refractivity contribution >= 4 is 0 Å². The third-order valence-electron chi connectivity index (χ3n) is 4.89. The maximum absolute atomic E-state index is 12.9. The lowest BCUT2D eigenvalue weighted by molar-refractivity contribution is -0.138. The van der Waals surface area contributed by atoms with Gasteiger partial charge in [0.25, 0.3) is 0 Å². The van der Waals surface area contributed by atoms with Gasteiger partial charge in [-0.15, -0.1) is 0 Å². The van der Waals surface area contributed by atoms with Crippen LogP contribution in [0.15, 0.2) is 95.4 Å². The predicted octanol–water partition coefficient (Wildman–Crippen LogP) is 8.60. The Bertz CT molecular complexity index is 1130. The summed E-state index contributed by atoms with van der Waals surface area (Å²) in [6.07, 6.45) is -8.92. The zero-order valence-corrected chi connectivity index (χ0v) is 16.3. The van der Waals surface area contributed by atoms with E-state index in [4.69, 9.17) is 4.42 Å². The summed E-state index contributed by atoms with van der Waals surface area (Å²) in [6.45, 7) is 0. The molecule has 0 atom stereocenters. The van der Waals surface area contributed by atoms with E-state index in [2.05, 4.69) is 0 Å². The number of hydrogen-bond acceptors (Lipinski definition) is 0. The molecule has 0 aliphatic heterocycles. The van der Waals surface area contributed by atoms with E-state index in [-0.39, 0.29) is 5.76 Å². The summed E-state index contributed by atoms with van der Waals surface area (Å²) in [7, 11) is 0. The first-order valence-electron chi connectivity index (χ1n) is 9.50. The second kappa shape index (κ2) is 8.15. The monoisotopic (exact) mass is 445 g/mol. The summed E-state index contributed by atoms with van der Waals surface area (Å²) in [5, 5.41) is 0. The quantitative estimate of drug-likeness (QED) is 0.227. The van der Waals surface area contributed by atoms with Crippen molar-refractivity contribution in [2.24, 2.45) is 0 Å². The van der Waals surface area contributed by atoms with E-state index < -0.39 is 23.5 Å². The minimum absolute atomic E-state index is 0.287. The van der Waals surface area contributed by atoms with E-state index in [0.717, 1.165) is 29.8 Å². The molecule has 0 bridgehead atoms. The minimum Gasteiger partial charge on any atom is -0.207 e. The lowest BCUT2D eigenvalue weighted by atomic mass is 10.00. The Kier molecular flexibility index (Phi) is 5.50. The van der Waals surface area contributed by atoms with Crippen molar-refractivity contribution in [1.29, 1.82) is 0 Å². The van der Waals surface area contributed by atoms with E-state index in [1.54, 1.807) is 36.4 Å². The van der Waals surface area contributed by atoms with E-state index in [1.165, 1.54) is 24.3 Å². The van der Waals surface area contributed by atoms with E-state index in [1.807, 2.05) is 6.07 Å². The van der Waals surface area contributed by atoms with Crippen molar-refractivity contribution in [2.45, 2.75) is 12.4 Å². The van der Waals surface area contributed by atoms with Crippen LogP contribution < -0.4 is 0 Å². The molecule has 0 saturated heterocycles. The molecule has 162 valence electrons. The van der Waals surface area contributed by atoms with Crippen molar-refractivity contribution < 1.29 is 30.8 Å². The zero-order chi connectivity index (χ0) is 22.9. The molecule has 0 amide bonds. The Morgan fingerprint density at radius 1 is 0.438 bits per heavy atom. The molecule has 0 N–H and O–H groups in total. The molecular weight excluding hydrogens is 430 g/mol. The van der Waals surface area contributed by atoms with Gasteiger partial charge in [-0.2, -0.15) is 26.3 Å². The van der Waals surface area contributed by atoms with Crippen LogP contribution in [-0.4, -0.2) is 0 Å². The molecule has 0 spiro atoms. The Labute approximate surface area is 179 Å². The Hall–Kier alpha value is -3.61. The molecule has 1 aromatic heterocycles. The van der Waals surface area contributed by atoms with Crippen molar-refractivity contribution in [1.82, 2.24) is 0 Å². The van der Waals surface area contributed by atoms with Crippen molar-refractivity contribution in [3.8, 4) is 33.8 Å². The Morgan fingerprint density at radius 3 is 1.28 bits per heavy atom. The molecule has 0 unspecified atom stereocenters. The fourth-order valence-electron chi connectivity index (χ4n) is 3.23. The average molecular weight is 445 g/mol. The SMILES string of the molecule is FC(F)(F)c1ccc(-c2cc(-c3ccccc3)[o+]c(-c3ccc(C(F)(F)F)cc3)c2)cc1. The van der Waals surface area contributed by atoms with Crippen LogP contribution in [0.2, 0.25) is 0 Å². The highest BCUT2D eigenvalue weighted by Gasteiger charge is 2.31. The van der Waals surface area contributed by atoms with Gasteiger partial charge in [0, 0.05) is 5.56 Å². The summed E-state index contributed by atoms with van der Waals surface area (Å²) in [5.41, 5.74) is 0.646. The van der Waals surface area contributed by atoms with Gasteiger partial charge in [0.1, 0.15) is 0 Å². The van der Waals surface area contributed by atoms with Crippen LogP contribution >= 0.6 is 0 Å². The topological polar surface area (TPSA) is 11.3 Å². The van der Waals surface area contributed by atoms with Gasteiger partial charge in [-0.3, -0.25) is 0 Å². The van der Waals surface area contributed by atoms with Gasteiger partial charge in [-0.05, 0) is 54.1 Å². The van der Waals surface area contributed by atoms with Crippen LogP contribution in [0, 0.1) is 0 Å². The van der Waals surface area contributed by atoms with Crippen LogP contribution in [0.25, 0.3) is 33.8 Å². The second-order valence-electron chi connectivity index (χ2n) is 7.09. The van der Waals surface area contributed by atoms with Crippen molar-refractivity contribution in [2.75, 3.05) is 0 Å². The molecule has 0 saturated carbocycles. The molecular formula is C25H15F6O+. The Morgan fingerprint density at radius 2 is 0.844 bits per heavy atom. The van der Waals surface area contributed by atoms with Gasteiger partial charge in [-0.1, -0.05) is 30.3 Å². The fraction of sp³-hybridized carbons (Fsp3) is 0.0800. The van der Waals surface area contributed by atoms with Gasteiger partial charge in [-0.25, -0.2) is 4.42 Å². The van der Waals surface area contributed by atoms with E-state index in [0.29, 0.717) is 22.5 Å². The van der Waals surface area contributed by atoms with Crippen LogP contribution in [-0.2, 0) is 12.4 Å². The normalized spacial score (nSPS) is 12.1. The Balaban J connectivity index is 1.82. The highest BCUT2D eigenvalue weighted by atomic mass is 19.4. The summed E-state index contributed by atoms with van der Waals surface area (Å²) in [6, 6.07) is 21.5. The molecule has 4 aromatic rings. The first kappa shape index (κ1) is 21.6. The van der Waals surface area contributed by atoms with Gasteiger partial charge >= 0.3 is 23.9 Å². The number of halogens is 6. The molecule has 1 heterocycles. The number of benzene rings is 3. The summed E-state index contributed by atoms with van der Waals surface area (Å²) >= 11 is 0. The number of hydrogen-bond donors (Lipinski definition) is 0. The number of alkyl halides is 6. The molecule has 0 fully saturated rings. The third kappa shape index (κ3) is 4.66. The molecule has 0 aliphatic rings. The zero-order valence-electron chi connectivity index (χ0n) is 16.3. The molecule has 4 rings (SSSR count). The largest absolute Gasteiger partial charge is 0.416 e.